The summed E-state index contributed by atoms with van der Waals surface area (Å²) in [4.78, 5) is 5.20. The number of fused-ring (bicyclic) bond motifs is 2. The molecule has 7 nitrogen and oxygen atoms in total. The molecule has 5 aromatic rings. The number of ether oxygens (including phenoxy) is 1. The normalized spacial score (nSPS) is 12.1. The van der Waals surface area contributed by atoms with Crippen molar-refractivity contribution in [3.8, 4) is 5.75 Å². The molecule has 0 aliphatic heterocycles. The number of hydrogen-bond donors (Lipinski definition) is 0. The van der Waals surface area contributed by atoms with Gasteiger partial charge in [-0.3, -0.25) is 0 Å². The average Bonchev–Trinajstić information content (AvgIpc) is 3.42. The van der Waals surface area contributed by atoms with Gasteiger partial charge >= 0.3 is 0 Å². The van der Waals surface area contributed by atoms with Crippen LogP contribution in [0.15, 0.2) is 54.9 Å². The van der Waals surface area contributed by atoms with Gasteiger partial charge in [-0.1, -0.05) is 56.4 Å². The Morgan fingerprint density at radius 1 is 1.00 bits per heavy atom. The highest BCUT2D eigenvalue weighted by atomic mass is 32.1. The average molecular weight is 419 g/mol. The Bertz CT molecular complexity index is 1310. The van der Waals surface area contributed by atoms with E-state index in [-0.39, 0.29) is 5.41 Å². The summed E-state index contributed by atoms with van der Waals surface area (Å²) in [6, 6.07) is 16.3. The van der Waals surface area contributed by atoms with Crippen LogP contribution in [0.25, 0.3) is 16.0 Å². The summed E-state index contributed by atoms with van der Waals surface area (Å²) in [5.74, 6) is 1.60. The van der Waals surface area contributed by atoms with Crippen molar-refractivity contribution in [2.24, 2.45) is 0 Å². The van der Waals surface area contributed by atoms with Crippen LogP contribution < -0.4 is 4.74 Å². The van der Waals surface area contributed by atoms with Gasteiger partial charge in [0.15, 0.2) is 10.8 Å². The number of para-hydroxylation sites is 2. The molecule has 5 rings (SSSR count). The predicted octanol–water partition coefficient (Wildman–Crippen LogP) is 4.46. The quantitative estimate of drug-likeness (QED) is 0.421. The van der Waals surface area contributed by atoms with E-state index in [2.05, 4.69) is 57.8 Å². The molecule has 0 saturated carbocycles. The van der Waals surface area contributed by atoms with Gasteiger partial charge in [0.2, 0.25) is 4.96 Å². The number of rotatable bonds is 5. The first-order chi connectivity index (χ1) is 14.5. The number of aromatic nitrogens is 6. The highest BCUT2D eigenvalue weighted by Crippen LogP contribution is 2.25. The summed E-state index contributed by atoms with van der Waals surface area (Å²) in [5, 5.41) is 14.1. The number of benzene rings is 2. The first-order valence-electron chi connectivity index (χ1n) is 9.80. The summed E-state index contributed by atoms with van der Waals surface area (Å²) in [6.45, 7) is 7.56. The first-order valence-corrected chi connectivity index (χ1v) is 10.6. The molecule has 0 unspecified atom stereocenters. The highest BCUT2D eigenvalue weighted by molar-refractivity contribution is 7.16. The van der Waals surface area contributed by atoms with E-state index in [1.165, 1.54) is 16.9 Å². The molecule has 2 aromatic carbocycles. The molecule has 152 valence electrons. The molecule has 0 atom stereocenters. The molecule has 0 saturated heterocycles. The lowest BCUT2D eigenvalue weighted by molar-refractivity contribution is 0.303. The second kappa shape index (κ2) is 7.21. The van der Waals surface area contributed by atoms with Crippen LogP contribution in [-0.2, 0) is 18.6 Å². The van der Waals surface area contributed by atoms with Crippen LogP contribution in [0.1, 0.15) is 37.2 Å². The minimum Gasteiger partial charge on any atom is -0.486 e. The molecule has 0 bridgehead atoms. The molecular formula is C22H22N6OS. The Morgan fingerprint density at radius 2 is 1.80 bits per heavy atom. The van der Waals surface area contributed by atoms with E-state index < -0.39 is 0 Å². The zero-order valence-electron chi connectivity index (χ0n) is 17.1. The molecular weight excluding hydrogens is 396 g/mol. The van der Waals surface area contributed by atoms with Crippen molar-refractivity contribution in [1.29, 1.82) is 0 Å². The Labute approximate surface area is 178 Å². The molecule has 0 spiro atoms. The van der Waals surface area contributed by atoms with E-state index in [9.17, 15) is 0 Å². The van der Waals surface area contributed by atoms with Crippen molar-refractivity contribution in [3.05, 3.63) is 71.3 Å². The standard InChI is InChI=1S/C22H22N6OS/c1-22(2,3)15-8-10-16(11-9-15)29-13-20-26-28-19(24-25-21(28)30-20)12-27-14-23-17-6-4-5-7-18(17)27/h4-11,14H,12-13H2,1-3H3. The topological polar surface area (TPSA) is 70.1 Å². The molecule has 30 heavy (non-hydrogen) atoms. The fraction of sp³-hybridized carbons (Fsp3) is 0.273. The number of imidazole rings is 1. The zero-order chi connectivity index (χ0) is 20.7. The molecule has 0 radical (unpaired) electrons. The Hall–Kier alpha value is -3.26. The van der Waals surface area contributed by atoms with Gasteiger partial charge in [-0.2, -0.15) is 9.61 Å². The summed E-state index contributed by atoms with van der Waals surface area (Å²) < 4.78 is 9.78. The maximum absolute atomic E-state index is 5.93. The second-order valence-corrected chi connectivity index (χ2v) is 9.27. The predicted molar refractivity (Wildman–Crippen MR) is 117 cm³/mol. The number of hydrogen-bond acceptors (Lipinski definition) is 6. The van der Waals surface area contributed by atoms with Crippen LogP contribution in [0.3, 0.4) is 0 Å². The third-order valence-corrected chi connectivity index (χ3v) is 5.89. The minimum absolute atomic E-state index is 0.128. The smallest absolute Gasteiger partial charge is 0.234 e. The molecule has 0 amide bonds. The van der Waals surface area contributed by atoms with Crippen LogP contribution in [0, 0.1) is 0 Å². The van der Waals surface area contributed by atoms with Gasteiger partial charge in [0.1, 0.15) is 12.4 Å². The largest absolute Gasteiger partial charge is 0.486 e. The van der Waals surface area contributed by atoms with Crippen molar-refractivity contribution in [3.63, 3.8) is 0 Å². The lowest BCUT2D eigenvalue weighted by Crippen LogP contribution is -2.10. The third-order valence-electron chi connectivity index (χ3n) is 5.02. The van der Waals surface area contributed by atoms with Crippen molar-refractivity contribution >= 4 is 27.3 Å². The molecule has 0 aliphatic carbocycles. The Kier molecular flexibility index (Phi) is 4.51. The van der Waals surface area contributed by atoms with Gasteiger partial charge in [0, 0.05) is 0 Å². The fourth-order valence-corrected chi connectivity index (χ4v) is 4.10. The highest BCUT2D eigenvalue weighted by Gasteiger charge is 2.15. The van der Waals surface area contributed by atoms with Crippen molar-refractivity contribution in [2.75, 3.05) is 0 Å². The molecule has 3 aromatic heterocycles. The summed E-state index contributed by atoms with van der Waals surface area (Å²) in [7, 11) is 0. The van der Waals surface area contributed by atoms with E-state index >= 15 is 0 Å². The van der Waals surface area contributed by atoms with Gasteiger partial charge in [-0.05, 0) is 35.2 Å². The lowest BCUT2D eigenvalue weighted by Gasteiger charge is -2.19. The SMILES string of the molecule is CC(C)(C)c1ccc(OCc2nn3c(Cn4cnc5ccccc54)nnc3s2)cc1. The summed E-state index contributed by atoms with van der Waals surface area (Å²) in [6.07, 6.45) is 1.82. The maximum Gasteiger partial charge on any atom is 0.234 e. The van der Waals surface area contributed by atoms with Crippen molar-refractivity contribution in [2.45, 2.75) is 39.3 Å². The van der Waals surface area contributed by atoms with E-state index in [0.717, 1.165) is 32.6 Å². The van der Waals surface area contributed by atoms with Gasteiger partial charge < -0.3 is 9.30 Å². The maximum atomic E-state index is 5.93. The van der Waals surface area contributed by atoms with Gasteiger partial charge in [-0.15, -0.1) is 10.2 Å². The van der Waals surface area contributed by atoms with Gasteiger partial charge in [-0.25, -0.2) is 4.98 Å². The van der Waals surface area contributed by atoms with Crippen LogP contribution in [0.5, 0.6) is 5.75 Å². The van der Waals surface area contributed by atoms with E-state index in [4.69, 9.17) is 4.74 Å². The second-order valence-electron chi connectivity index (χ2n) is 8.23. The minimum atomic E-state index is 0.128. The van der Waals surface area contributed by atoms with Crippen molar-refractivity contribution in [1.82, 2.24) is 29.4 Å². The molecule has 0 aliphatic rings. The monoisotopic (exact) mass is 418 g/mol. The summed E-state index contributed by atoms with van der Waals surface area (Å²) >= 11 is 1.49. The fourth-order valence-electron chi connectivity index (χ4n) is 3.34. The first kappa shape index (κ1) is 18.7. The van der Waals surface area contributed by atoms with Gasteiger partial charge in [0.05, 0.1) is 23.9 Å². The molecule has 8 heteroatoms. The van der Waals surface area contributed by atoms with E-state index in [0.29, 0.717) is 13.2 Å². The Balaban J connectivity index is 1.32. The van der Waals surface area contributed by atoms with Crippen molar-refractivity contribution < 1.29 is 4.74 Å². The van der Waals surface area contributed by atoms with Gasteiger partial charge in [0.25, 0.3) is 0 Å². The molecule has 0 fully saturated rings. The zero-order valence-corrected chi connectivity index (χ0v) is 17.9. The third kappa shape index (κ3) is 3.54. The lowest BCUT2D eigenvalue weighted by atomic mass is 9.87. The van der Waals surface area contributed by atoms with E-state index in [1.807, 2.05) is 42.7 Å². The van der Waals surface area contributed by atoms with Crippen LogP contribution in [0.2, 0.25) is 0 Å². The van der Waals surface area contributed by atoms with E-state index in [1.54, 1.807) is 4.52 Å². The van der Waals surface area contributed by atoms with Crippen LogP contribution in [0.4, 0.5) is 0 Å². The summed E-state index contributed by atoms with van der Waals surface area (Å²) in [5.41, 5.74) is 3.43. The molecule has 0 N–H and O–H groups in total. The Morgan fingerprint density at radius 3 is 2.60 bits per heavy atom. The van der Waals surface area contributed by atoms with Crippen LogP contribution in [-0.4, -0.2) is 29.4 Å². The van der Waals surface area contributed by atoms with Crippen LogP contribution >= 0.6 is 11.3 Å². The number of nitrogens with zero attached hydrogens (tertiary/aromatic N) is 6. The molecule has 3 heterocycles.